The van der Waals surface area contributed by atoms with E-state index in [1.807, 2.05) is 0 Å². The molecule has 0 spiro atoms. The molecule has 0 amide bonds. The fourth-order valence-electron chi connectivity index (χ4n) is 2.40. The molecule has 3 rings (SSSR count). The number of hydrogen-bond donors (Lipinski definition) is 2. The first-order chi connectivity index (χ1) is 11.6. The molecular formula is C15H10O8S2. The van der Waals surface area contributed by atoms with E-state index in [1.165, 1.54) is 30.3 Å². The topological polar surface area (TPSA) is 139 Å². The maximum absolute atomic E-state index is 11.5. The molecule has 2 aromatic carbocycles. The average Bonchev–Trinajstić information content (AvgIpc) is 3.00. The summed E-state index contributed by atoms with van der Waals surface area (Å²) in [6, 6.07) is 8.93. The van der Waals surface area contributed by atoms with Crippen LogP contribution in [0.15, 0.2) is 56.7 Å². The lowest BCUT2D eigenvalue weighted by molar-refractivity contribution is 0.110. The molecule has 0 radical (unpaired) electrons. The van der Waals surface area contributed by atoms with Crippen molar-refractivity contribution in [1.82, 2.24) is 0 Å². The van der Waals surface area contributed by atoms with E-state index >= 15 is 0 Å². The lowest BCUT2D eigenvalue weighted by atomic mass is 10.1. The number of fused-ring (bicyclic) bond motifs is 1. The van der Waals surface area contributed by atoms with Crippen molar-refractivity contribution in [1.29, 1.82) is 0 Å². The fraction of sp³-hybridized carbons (Fsp3) is 0. The summed E-state index contributed by atoms with van der Waals surface area (Å²) < 4.78 is 69.6. The van der Waals surface area contributed by atoms with E-state index in [0.717, 1.165) is 6.07 Å². The van der Waals surface area contributed by atoms with E-state index in [2.05, 4.69) is 0 Å². The van der Waals surface area contributed by atoms with Gasteiger partial charge in [0.1, 0.15) is 10.7 Å². The maximum atomic E-state index is 11.5. The van der Waals surface area contributed by atoms with Crippen LogP contribution in [-0.4, -0.2) is 32.2 Å². The lowest BCUT2D eigenvalue weighted by Crippen LogP contribution is -2.04. The zero-order chi connectivity index (χ0) is 18.4. The summed E-state index contributed by atoms with van der Waals surface area (Å²) >= 11 is 0. The SMILES string of the molecule is O=Cc1ccc(-c2ccc3c(S(=O)(=O)O)cc(S(=O)(=O)O)cc3c2)o1. The van der Waals surface area contributed by atoms with Crippen LogP contribution < -0.4 is 0 Å². The second kappa shape index (κ2) is 5.77. The van der Waals surface area contributed by atoms with Gasteiger partial charge in [-0.05, 0) is 35.7 Å². The minimum atomic E-state index is -4.73. The van der Waals surface area contributed by atoms with Crippen molar-refractivity contribution in [3.8, 4) is 11.3 Å². The predicted molar refractivity (Wildman–Crippen MR) is 86.7 cm³/mol. The molecule has 0 atom stereocenters. The number of benzene rings is 2. The van der Waals surface area contributed by atoms with Gasteiger partial charge in [0.25, 0.3) is 20.2 Å². The molecule has 1 aromatic heterocycles. The quantitative estimate of drug-likeness (QED) is 0.518. The highest BCUT2D eigenvalue weighted by Crippen LogP contribution is 2.31. The Morgan fingerprint density at radius 1 is 0.880 bits per heavy atom. The Balaban J connectivity index is 2.33. The Bertz CT molecular complexity index is 1200. The van der Waals surface area contributed by atoms with Crippen LogP contribution in [0.3, 0.4) is 0 Å². The van der Waals surface area contributed by atoms with Gasteiger partial charge in [0.15, 0.2) is 12.0 Å². The second-order valence-corrected chi connectivity index (χ2v) is 7.94. The van der Waals surface area contributed by atoms with Gasteiger partial charge in [-0.2, -0.15) is 16.8 Å². The van der Waals surface area contributed by atoms with Crippen LogP contribution in [0.25, 0.3) is 22.1 Å². The molecule has 0 saturated heterocycles. The minimum absolute atomic E-state index is 0.0563. The Labute approximate surface area is 142 Å². The number of hydrogen-bond acceptors (Lipinski definition) is 6. The molecule has 0 aliphatic carbocycles. The van der Waals surface area contributed by atoms with Crippen LogP contribution in [0.1, 0.15) is 10.6 Å². The molecule has 8 nitrogen and oxygen atoms in total. The van der Waals surface area contributed by atoms with Crippen LogP contribution in [0, 0.1) is 0 Å². The van der Waals surface area contributed by atoms with Gasteiger partial charge < -0.3 is 4.42 Å². The fourth-order valence-corrected chi connectivity index (χ4v) is 3.75. The first-order valence-corrected chi connectivity index (χ1v) is 9.56. The molecule has 1 heterocycles. The standard InChI is InChI=1S/C15H10O8S2/c16-8-11-2-4-14(23-11)9-1-3-13-10(5-9)6-12(24(17,18)19)7-15(13)25(20,21)22/h1-8H,(H,17,18,19)(H,20,21,22). The molecule has 10 heteroatoms. The summed E-state index contributed by atoms with van der Waals surface area (Å²) in [4.78, 5) is 9.35. The summed E-state index contributed by atoms with van der Waals surface area (Å²) in [7, 11) is -9.43. The normalized spacial score (nSPS) is 12.4. The number of rotatable bonds is 4. The molecular weight excluding hydrogens is 372 g/mol. The van der Waals surface area contributed by atoms with E-state index in [4.69, 9.17) is 4.42 Å². The van der Waals surface area contributed by atoms with E-state index in [0.29, 0.717) is 23.7 Å². The largest absolute Gasteiger partial charge is 0.453 e. The monoisotopic (exact) mass is 382 g/mol. The third-order valence-electron chi connectivity index (χ3n) is 3.49. The van der Waals surface area contributed by atoms with Crippen molar-refractivity contribution in [3.05, 3.63) is 48.2 Å². The average molecular weight is 382 g/mol. The number of carbonyl (C=O) groups excluding carboxylic acids is 1. The molecule has 0 aliphatic rings. The highest BCUT2D eigenvalue weighted by Gasteiger charge is 2.20. The molecule has 3 aromatic rings. The van der Waals surface area contributed by atoms with E-state index < -0.39 is 30.0 Å². The molecule has 2 N–H and O–H groups in total. The Morgan fingerprint density at radius 3 is 2.16 bits per heavy atom. The zero-order valence-electron chi connectivity index (χ0n) is 12.3. The first-order valence-electron chi connectivity index (χ1n) is 6.68. The summed E-state index contributed by atoms with van der Waals surface area (Å²) in [5, 5.41) is 0.185. The predicted octanol–water partition coefficient (Wildman–Crippen LogP) is 2.41. The van der Waals surface area contributed by atoms with Gasteiger partial charge in [-0.25, -0.2) is 0 Å². The van der Waals surface area contributed by atoms with Gasteiger partial charge in [0.05, 0.1) is 4.90 Å². The van der Waals surface area contributed by atoms with Gasteiger partial charge in [-0.1, -0.05) is 12.1 Å². The van der Waals surface area contributed by atoms with Crippen molar-refractivity contribution < 1.29 is 35.2 Å². The van der Waals surface area contributed by atoms with Gasteiger partial charge in [0, 0.05) is 10.9 Å². The van der Waals surface area contributed by atoms with Crippen LogP contribution >= 0.6 is 0 Å². The van der Waals surface area contributed by atoms with Crippen molar-refractivity contribution in [3.63, 3.8) is 0 Å². The Hall–Kier alpha value is -2.53. The van der Waals surface area contributed by atoms with Crippen LogP contribution in [0.4, 0.5) is 0 Å². The van der Waals surface area contributed by atoms with E-state index in [-0.39, 0.29) is 16.5 Å². The molecule has 0 saturated carbocycles. The zero-order valence-corrected chi connectivity index (χ0v) is 13.9. The van der Waals surface area contributed by atoms with Crippen molar-refractivity contribution in [2.24, 2.45) is 0 Å². The molecule has 25 heavy (non-hydrogen) atoms. The van der Waals surface area contributed by atoms with Gasteiger partial charge in [0.2, 0.25) is 0 Å². The van der Waals surface area contributed by atoms with Crippen LogP contribution in [0.2, 0.25) is 0 Å². The van der Waals surface area contributed by atoms with Crippen LogP contribution in [0.5, 0.6) is 0 Å². The summed E-state index contributed by atoms with van der Waals surface area (Å²) in [6.45, 7) is 0. The van der Waals surface area contributed by atoms with E-state index in [9.17, 15) is 30.7 Å². The van der Waals surface area contributed by atoms with Crippen molar-refractivity contribution in [2.75, 3.05) is 0 Å². The first kappa shape index (κ1) is 17.3. The van der Waals surface area contributed by atoms with Gasteiger partial charge >= 0.3 is 0 Å². The Morgan fingerprint density at radius 2 is 1.60 bits per heavy atom. The lowest BCUT2D eigenvalue weighted by Gasteiger charge is -2.08. The summed E-state index contributed by atoms with van der Waals surface area (Å²) in [5.74, 6) is 0.384. The Kier molecular flexibility index (Phi) is 4.00. The number of furan rings is 1. The second-order valence-electron chi connectivity index (χ2n) is 5.13. The van der Waals surface area contributed by atoms with Gasteiger partial charge in [-0.3, -0.25) is 13.9 Å². The molecule has 0 fully saturated rings. The molecule has 0 bridgehead atoms. The van der Waals surface area contributed by atoms with Gasteiger partial charge in [-0.15, -0.1) is 0 Å². The highest BCUT2D eigenvalue weighted by molar-refractivity contribution is 7.86. The third-order valence-corrected chi connectivity index (χ3v) is 5.22. The van der Waals surface area contributed by atoms with E-state index in [1.54, 1.807) is 0 Å². The number of aldehydes is 1. The third kappa shape index (κ3) is 3.33. The molecule has 0 unspecified atom stereocenters. The van der Waals surface area contributed by atoms with Crippen LogP contribution in [-0.2, 0) is 20.2 Å². The smallest absolute Gasteiger partial charge is 0.295 e. The van der Waals surface area contributed by atoms with Crippen molar-refractivity contribution >= 4 is 37.3 Å². The summed E-state index contributed by atoms with van der Waals surface area (Å²) in [6.07, 6.45) is 0.511. The van der Waals surface area contributed by atoms with Crippen molar-refractivity contribution in [2.45, 2.75) is 9.79 Å². The molecule has 130 valence electrons. The maximum Gasteiger partial charge on any atom is 0.295 e. The highest BCUT2D eigenvalue weighted by atomic mass is 32.2. The summed E-state index contributed by atoms with van der Waals surface area (Å²) in [5.41, 5.74) is 0.439. The minimum Gasteiger partial charge on any atom is -0.453 e. The number of carbonyl (C=O) groups is 1. The molecule has 0 aliphatic heterocycles.